The van der Waals surface area contributed by atoms with E-state index >= 15 is 0 Å². The zero-order valence-electron chi connectivity index (χ0n) is 13.3. The van der Waals surface area contributed by atoms with E-state index in [9.17, 15) is 14.4 Å². The van der Waals surface area contributed by atoms with Gasteiger partial charge in [-0.05, 0) is 49.2 Å². The third kappa shape index (κ3) is 5.28. The molecule has 0 radical (unpaired) electrons. The molecule has 2 aromatic rings. The Morgan fingerprint density at radius 2 is 1.79 bits per heavy atom. The third-order valence-electron chi connectivity index (χ3n) is 2.91. The Balaban J connectivity index is 1.72. The van der Waals surface area contributed by atoms with E-state index in [-0.39, 0.29) is 12.4 Å². The molecule has 0 aliphatic heterocycles. The van der Waals surface area contributed by atoms with E-state index in [1.54, 1.807) is 12.1 Å². The summed E-state index contributed by atoms with van der Waals surface area (Å²) in [6.45, 7) is 2.92. The van der Waals surface area contributed by atoms with Crippen LogP contribution < -0.4 is 10.1 Å². The molecule has 0 aliphatic rings. The molecule has 7 nitrogen and oxygen atoms in total. The predicted octanol–water partition coefficient (Wildman–Crippen LogP) is 1.78. The van der Waals surface area contributed by atoms with Crippen molar-refractivity contribution in [2.45, 2.75) is 13.8 Å². The highest BCUT2D eigenvalue weighted by Gasteiger charge is 2.14. The van der Waals surface area contributed by atoms with Crippen LogP contribution in [0.15, 0.2) is 41.0 Å². The van der Waals surface area contributed by atoms with Gasteiger partial charge < -0.3 is 13.9 Å². The molecule has 1 aromatic heterocycles. The van der Waals surface area contributed by atoms with Gasteiger partial charge in [0.2, 0.25) is 0 Å². The SMILES string of the molecule is Cc1cc(C)cc(OCC(=O)OCC(=O)NC(=O)c2ccco2)c1. The van der Waals surface area contributed by atoms with E-state index in [0.717, 1.165) is 11.1 Å². The number of hydrogen-bond acceptors (Lipinski definition) is 6. The zero-order valence-corrected chi connectivity index (χ0v) is 13.3. The molecule has 2 rings (SSSR count). The van der Waals surface area contributed by atoms with Gasteiger partial charge in [-0.25, -0.2) is 4.79 Å². The monoisotopic (exact) mass is 331 g/mol. The van der Waals surface area contributed by atoms with Crippen LogP contribution in [0.25, 0.3) is 0 Å². The largest absolute Gasteiger partial charge is 0.482 e. The van der Waals surface area contributed by atoms with E-state index in [1.807, 2.05) is 25.2 Å². The molecule has 0 unspecified atom stereocenters. The number of rotatable bonds is 6. The molecule has 0 atom stereocenters. The third-order valence-corrected chi connectivity index (χ3v) is 2.91. The number of carbonyl (C=O) groups excluding carboxylic acids is 3. The van der Waals surface area contributed by atoms with Crippen LogP contribution in [0.3, 0.4) is 0 Å². The highest BCUT2D eigenvalue weighted by Crippen LogP contribution is 2.16. The van der Waals surface area contributed by atoms with Gasteiger partial charge in [0.15, 0.2) is 19.0 Å². The van der Waals surface area contributed by atoms with Crippen molar-refractivity contribution in [2.75, 3.05) is 13.2 Å². The minimum atomic E-state index is -0.754. The molecule has 7 heteroatoms. The molecule has 1 aromatic carbocycles. The smallest absolute Gasteiger partial charge is 0.344 e. The Morgan fingerprint density at radius 3 is 2.42 bits per heavy atom. The van der Waals surface area contributed by atoms with Crippen molar-refractivity contribution >= 4 is 17.8 Å². The number of furan rings is 1. The summed E-state index contributed by atoms with van der Waals surface area (Å²) in [6.07, 6.45) is 1.31. The van der Waals surface area contributed by atoms with Gasteiger partial charge in [0.1, 0.15) is 5.75 Å². The average molecular weight is 331 g/mol. The number of carbonyl (C=O) groups is 3. The average Bonchev–Trinajstić information content (AvgIpc) is 3.04. The fourth-order valence-electron chi connectivity index (χ4n) is 1.98. The molecule has 0 bridgehead atoms. The van der Waals surface area contributed by atoms with Crippen LogP contribution in [0.2, 0.25) is 0 Å². The van der Waals surface area contributed by atoms with Crippen molar-refractivity contribution in [3.05, 3.63) is 53.5 Å². The van der Waals surface area contributed by atoms with Crippen molar-refractivity contribution in [3.8, 4) is 5.75 Å². The molecule has 1 N–H and O–H groups in total. The molecule has 1 heterocycles. The number of esters is 1. The first-order valence-corrected chi connectivity index (χ1v) is 7.18. The molecule has 0 aliphatic carbocycles. The molecule has 24 heavy (non-hydrogen) atoms. The molecule has 2 amide bonds. The van der Waals surface area contributed by atoms with Crippen LogP contribution in [0.5, 0.6) is 5.75 Å². The van der Waals surface area contributed by atoms with Gasteiger partial charge in [-0.3, -0.25) is 14.9 Å². The number of nitrogens with one attached hydrogen (secondary N) is 1. The Labute approximate surface area is 138 Å². The summed E-state index contributed by atoms with van der Waals surface area (Å²) < 4.78 is 14.9. The molecular weight excluding hydrogens is 314 g/mol. The number of aryl methyl sites for hydroxylation is 2. The number of ether oxygens (including phenoxy) is 2. The van der Waals surface area contributed by atoms with E-state index in [1.165, 1.54) is 18.4 Å². The lowest BCUT2D eigenvalue weighted by Gasteiger charge is -2.08. The second-order valence-electron chi connectivity index (χ2n) is 5.13. The Morgan fingerprint density at radius 1 is 1.08 bits per heavy atom. The number of hydrogen-bond donors (Lipinski definition) is 1. The van der Waals surface area contributed by atoms with Crippen molar-refractivity contribution in [1.29, 1.82) is 0 Å². The summed E-state index contributed by atoms with van der Waals surface area (Å²) >= 11 is 0. The first-order valence-electron chi connectivity index (χ1n) is 7.18. The second kappa shape index (κ2) is 7.96. The summed E-state index contributed by atoms with van der Waals surface area (Å²) in [5.74, 6) is -1.63. The molecule has 0 fully saturated rings. The Hall–Kier alpha value is -3.09. The van der Waals surface area contributed by atoms with Crippen LogP contribution in [0.1, 0.15) is 21.7 Å². The standard InChI is InChI=1S/C17H17NO6/c1-11-6-12(2)8-13(7-11)23-10-16(20)24-9-15(19)18-17(21)14-4-3-5-22-14/h3-8H,9-10H2,1-2H3,(H,18,19,21). The summed E-state index contributed by atoms with van der Waals surface area (Å²) in [6, 6.07) is 8.48. The maximum absolute atomic E-state index is 11.6. The first kappa shape index (κ1) is 17.3. The maximum Gasteiger partial charge on any atom is 0.344 e. The topological polar surface area (TPSA) is 94.8 Å². The van der Waals surface area contributed by atoms with Crippen molar-refractivity contribution < 1.29 is 28.3 Å². The molecule has 126 valence electrons. The van der Waals surface area contributed by atoms with Crippen molar-refractivity contribution in [3.63, 3.8) is 0 Å². The lowest BCUT2D eigenvalue weighted by atomic mass is 10.1. The summed E-state index contributed by atoms with van der Waals surface area (Å²) in [5.41, 5.74) is 2.02. The highest BCUT2D eigenvalue weighted by atomic mass is 16.6. The van der Waals surface area contributed by atoms with Crippen LogP contribution in [-0.4, -0.2) is 31.0 Å². The van der Waals surface area contributed by atoms with Crippen LogP contribution in [0.4, 0.5) is 0 Å². The summed E-state index contributed by atoms with van der Waals surface area (Å²) in [5, 5.41) is 2.04. The van der Waals surface area contributed by atoms with Crippen LogP contribution in [-0.2, 0) is 14.3 Å². The van der Waals surface area contributed by atoms with E-state index < -0.39 is 24.4 Å². The molecule has 0 saturated heterocycles. The Kier molecular flexibility index (Phi) is 5.73. The maximum atomic E-state index is 11.6. The second-order valence-corrected chi connectivity index (χ2v) is 5.13. The number of amides is 2. The van der Waals surface area contributed by atoms with Gasteiger partial charge in [-0.2, -0.15) is 0 Å². The Bertz CT molecular complexity index is 715. The highest BCUT2D eigenvalue weighted by molar-refractivity contribution is 6.03. The molecular formula is C17H17NO6. The van der Waals surface area contributed by atoms with E-state index in [4.69, 9.17) is 13.9 Å². The van der Waals surface area contributed by atoms with Gasteiger partial charge in [-0.1, -0.05) is 6.07 Å². The lowest BCUT2D eigenvalue weighted by Crippen LogP contribution is -2.34. The minimum Gasteiger partial charge on any atom is -0.482 e. The summed E-state index contributed by atoms with van der Waals surface area (Å²) in [4.78, 5) is 34.6. The van der Waals surface area contributed by atoms with Gasteiger partial charge in [-0.15, -0.1) is 0 Å². The first-order chi connectivity index (χ1) is 11.4. The number of imide groups is 1. The van der Waals surface area contributed by atoms with E-state index in [0.29, 0.717) is 5.75 Å². The predicted molar refractivity (Wildman–Crippen MR) is 83.6 cm³/mol. The fourth-order valence-corrected chi connectivity index (χ4v) is 1.98. The van der Waals surface area contributed by atoms with Crippen molar-refractivity contribution in [1.82, 2.24) is 5.32 Å². The van der Waals surface area contributed by atoms with Crippen molar-refractivity contribution in [2.24, 2.45) is 0 Å². The van der Waals surface area contributed by atoms with Gasteiger partial charge in [0.25, 0.3) is 11.8 Å². The van der Waals surface area contributed by atoms with Crippen LogP contribution >= 0.6 is 0 Å². The number of benzene rings is 1. The summed E-state index contributed by atoms with van der Waals surface area (Å²) in [7, 11) is 0. The van der Waals surface area contributed by atoms with Crippen LogP contribution in [0, 0.1) is 13.8 Å². The quantitative estimate of drug-likeness (QED) is 0.811. The molecule has 0 saturated carbocycles. The van der Waals surface area contributed by atoms with E-state index in [2.05, 4.69) is 0 Å². The molecule has 0 spiro atoms. The van der Waals surface area contributed by atoms with Gasteiger partial charge in [0, 0.05) is 0 Å². The minimum absolute atomic E-state index is 0.00664. The fraction of sp³-hybridized carbons (Fsp3) is 0.235. The van der Waals surface area contributed by atoms with Gasteiger partial charge in [0.05, 0.1) is 6.26 Å². The normalized spacial score (nSPS) is 10.1. The zero-order chi connectivity index (χ0) is 17.5. The van der Waals surface area contributed by atoms with Gasteiger partial charge >= 0.3 is 5.97 Å². The lowest BCUT2D eigenvalue weighted by molar-refractivity contribution is -0.150.